The van der Waals surface area contributed by atoms with Crippen LogP contribution in [-0.4, -0.2) is 44.9 Å². The van der Waals surface area contributed by atoms with E-state index in [9.17, 15) is 14.4 Å². The molecule has 1 atom stereocenters. The number of hydrogen-bond donors (Lipinski definition) is 4. The minimum Gasteiger partial charge on any atom is -0.345 e. The summed E-state index contributed by atoms with van der Waals surface area (Å²) in [5.74, 6) is 1.24. The van der Waals surface area contributed by atoms with Gasteiger partial charge >= 0.3 is 5.69 Å². The van der Waals surface area contributed by atoms with Crippen molar-refractivity contribution in [2.75, 3.05) is 0 Å². The van der Waals surface area contributed by atoms with Gasteiger partial charge in [-0.2, -0.15) is 0 Å². The molecule has 4 N–H and O–H groups in total. The second-order valence-electron chi connectivity index (χ2n) is 8.93. The van der Waals surface area contributed by atoms with Gasteiger partial charge in [0.25, 0.3) is 5.56 Å². The first-order chi connectivity index (χ1) is 17.9. The Morgan fingerprint density at radius 2 is 1.54 bits per heavy atom. The Balaban J connectivity index is 1.31. The number of carbonyl (C=O) groups is 1. The van der Waals surface area contributed by atoms with Gasteiger partial charge in [-0.15, -0.1) is 0 Å². The van der Waals surface area contributed by atoms with Crippen molar-refractivity contribution in [1.29, 1.82) is 0 Å². The number of imidazole rings is 3. The van der Waals surface area contributed by atoms with Gasteiger partial charge in [-0.1, -0.05) is 24.3 Å². The number of fused-ring (bicyclic) bond motifs is 3. The molecule has 6 rings (SSSR count). The number of aromatic amines is 3. The number of aryl methyl sites for hydroxylation is 1. The molecule has 0 saturated heterocycles. The molecule has 186 valence electrons. The normalized spacial score (nSPS) is 12.5. The van der Waals surface area contributed by atoms with Crippen LogP contribution in [0.25, 0.3) is 33.2 Å². The number of nitrogens with zero attached hydrogens (tertiary/aromatic N) is 5. The Kier molecular flexibility index (Phi) is 5.21. The molecule has 0 fully saturated rings. The lowest BCUT2D eigenvalue weighted by Crippen LogP contribution is -2.36. The molecule has 4 aromatic heterocycles. The number of amides is 1. The average molecular weight is 498 g/mol. The second-order valence-corrected chi connectivity index (χ2v) is 8.93. The Morgan fingerprint density at radius 3 is 2.24 bits per heavy atom. The van der Waals surface area contributed by atoms with Crippen molar-refractivity contribution in [3.63, 3.8) is 0 Å². The third-order valence-corrected chi connectivity index (χ3v) is 6.38. The summed E-state index contributed by atoms with van der Waals surface area (Å²) in [6.45, 7) is 0. The van der Waals surface area contributed by atoms with Gasteiger partial charge in [-0.05, 0) is 24.3 Å². The Labute approximate surface area is 208 Å². The number of carbonyl (C=O) groups excluding carboxylic acids is 1. The number of H-pyrrole nitrogens is 3. The molecule has 6 aromatic rings. The van der Waals surface area contributed by atoms with Crippen LogP contribution in [0.5, 0.6) is 0 Å². The molecule has 4 heterocycles. The van der Waals surface area contributed by atoms with Crippen LogP contribution in [0.15, 0.2) is 58.1 Å². The van der Waals surface area contributed by atoms with Crippen molar-refractivity contribution in [3.05, 3.63) is 86.8 Å². The number of hydrogen-bond acceptors (Lipinski definition) is 6. The summed E-state index contributed by atoms with van der Waals surface area (Å²) < 4.78 is 2.27. The number of aromatic nitrogens is 8. The topological polar surface area (TPSA) is 159 Å². The molecule has 12 heteroatoms. The van der Waals surface area contributed by atoms with Crippen molar-refractivity contribution in [3.8, 4) is 0 Å². The van der Waals surface area contributed by atoms with Crippen molar-refractivity contribution in [1.82, 2.24) is 44.4 Å². The maximum atomic E-state index is 13.2. The molecule has 37 heavy (non-hydrogen) atoms. The van der Waals surface area contributed by atoms with E-state index in [2.05, 4.69) is 35.2 Å². The number of benzene rings is 2. The minimum absolute atomic E-state index is 0.122. The van der Waals surface area contributed by atoms with Crippen molar-refractivity contribution in [2.45, 2.75) is 18.9 Å². The molecular formula is C25H23N9O3. The summed E-state index contributed by atoms with van der Waals surface area (Å²) in [5, 5.41) is 3.03. The molecule has 12 nitrogen and oxygen atoms in total. The fraction of sp³-hybridized carbons (Fsp3) is 0.200. The highest BCUT2D eigenvalue weighted by molar-refractivity contribution is 5.80. The molecular weight excluding hydrogens is 474 g/mol. The third kappa shape index (κ3) is 3.97. The Morgan fingerprint density at radius 1 is 0.865 bits per heavy atom. The number of rotatable bonds is 6. The predicted molar refractivity (Wildman–Crippen MR) is 137 cm³/mol. The molecule has 0 aliphatic carbocycles. The molecule has 1 amide bonds. The van der Waals surface area contributed by atoms with E-state index in [4.69, 9.17) is 0 Å². The summed E-state index contributed by atoms with van der Waals surface area (Å²) in [6.07, 6.45) is 0.248. The maximum absolute atomic E-state index is 13.2. The lowest BCUT2D eigenvalue weighted by Gasteiger charge is -2.15. The van der Waals surface area contributed by atoms with Gasteiger partial charge in [0.1, 0.15) is 23.0 Å². The van der Waals surface area contributed by atoms with Gasteiger partial charge in [0, 0.05) is 20.5 Å². The second kappa shape index (κ2) is 8.59. The van der Waals surface area contributed by atoms with Crippen LogP contribution >= 0.6 is 0 Å². The van der Waals surface area contributed by atoms with Crippen molar-refractivity contribution < 1.29 is 4.79 Å². The maximum Gasteiger partial charge on any atom is 0.332 e. The number of para-hydroxylation sites is 4. The minimum atomic E-state index is -0.512. The highest BCUT2D eigenvalue weighted by Gasteiger charge is 2.22. The van der Waals surface area contributed by atoms with Gasteiger partial charge in [0.15, 0.2) is 5.65 Å². The molecule has 2 aromatic carbocycles. The zero-order valence-electron chi connectivity index (χ0n) is 20.1. The lowest BCUT2D eigenvalue weighted by atomic mass is 10.1. The van der Waals surface area contributed by atoms with E-state index >= 15 is 0 Å². The molecule has 0 saturated carbocycles. The quantitative estimate of drug-likeness (QED) is 0.272. The summed E-state index contributed by atoms with van der Waals surface area (Å²) in [5.41, 5.74) is 2.77. The summed E-state index contributed by atoms with van der Waals surface area (Å²) >= 11 is 0. The smallest absolute Gasteiger partial charge is 0.332 e. The summed E-state index contributed by atoms with van der Waals surface area (Å²) in [4.78, 5) is 61.0. The highest BCUT2D eigenvalue weighted by Crippen LogP contribution is 2.21. The van der Waals surface area contributed by atoms with E-state index in [0.717, 1.165) is 26.6 Å². The molecule has 0 spiro atoms. The van der Waals surface area contributed by atoms with Crippen molar-refractivity contribution >= 4 is 39.1 Å². The molecule has 0 radical (unpaired) electrons. The van der Waals surface area contributed by atoms with E-state index in [0.29, 0.717) is 18.1 Å². The monoisotopic (exact) mass is 497 g/mol. The standard InChI is InChI=1S/C25H23N9O3/c1-33-23-21(24(36)34(2)25(33)37)31-19(32-23)12-20(35)28-17(22-29-15-9-5-6-10-16(15)30-22)11-18-26-13-7-3-4-8-14(13)27-18/h3-10,17H,11-12H2,1-2H3,(H,26,27)(H,28,35)(H,29,30)(H,31,32). The van der Waals surface area contributed by atoms with Gasteiger partial charge in [0.2, 0.25) is 5.91 Å². The zero-order chi connectivity index (χ0) is 25.7. The number of nitrogens with one attached hydrogen (secondary N) is 4. The summed E-state index contributed by atoms with van der Waals surface area (Å²) in [6, 6.07) is 14.8. The third-order valence-electron chi connectivity index (χ3n) is 6.38. The van der Waals surface area contributed by atoms with Crippen LogP contribution in [0.1, 0.15) is 23.5 Å². The first-order valence-electron chi connectivity index (χ1n) is 11.7. The van der Waals surface area contributed by atoms with Crippen molar-refractivity contribution in [2.24, 2.45) is 14.1 Å². The SMILES string of the molecule is Cn1c(=O)c2[nH]c(CC(=O)NC(Cc3nc4ccccc4[nH]3)c3nc4ccccc4[nH]3)nc2n(C)c1=O. The fourth-order valence-corrected chi connectivity index (χ4v) is 4.50. The highest BCUT2D eigenvalue weighted by atomic mass is 16.2. The molecule has 1 unspecified atom stereocenters. The zero-order valence-corrected chi connectivity index (χ0v) is 20.1. The Bertz CT molecular complexity index is 1860. The molecule has 0 aliphatic rings. The fourth-order valence-electron chi connectivity index (χ4n) is 4.50. The predicted octanol–water partition coefficient (Wildman–Crippen LogP) is 1.36. The van der Waals surface area contributed by atoms with E-state index in [1.165, 1.54) is 18.7 Å². The van der Waals surface area contributed by atoms with Gasteiger partial charge in [0.05, 0.1) is 34.5 Å². The lowest BCUT2D eigenvalue weighted by molar-refractivity contribution is -0.121. The molecule has 0 aliphatic heterocycles. The van der Waals surface area contributed by atoms with Crippen LogP contribution in [0, 0.1) is 0 Å². The Hall–Kier alpha value is -5.00. The van der Waals surface area contributed by atoms with Crippen LogP contribution in [0.2, 0.25) is 0 Å². The van der Waals surface area contributed by atoms with Crippen LogP contribution in [0.4, 0.5) is 0 Å². The molecule has 0 bridgehead atoms. The van der Waals surface area contributed by atoms with E-state index in [1.807, 2.05) is 48.5 Å². The van der Waals surface area contributed by atoms with Gasteiger partial charge in [-0.25, -0.2) is 19.7 Å². The first kappa shape index (κ1) is 22.5. The van der Waals surface area contributed by atoms with E-state index < -0.39 is 17.3 Å². The van der Waals surface area contributed by atoms with Gasteiger partial charge in [-0.3, -0.25) is 18.7 Å². The van der Waals surface area contributed by atoms with Crippen LogP contribution < -0.4 is 16.6 Å². The van der Waals surface area contributed by atoms with E-state index in [1.54, 1.807) is 0 Å². The first-order valence-corrected chi connectivity index (χ1v) is 11.7. The van der Waals surface area contributed by atoms with E-state index in [-0.39, 0.29) is 29.3 Å². The van der Waals surface area contributed by atoms with Crippen LogP contribution in [0.3, 0.4) is 0 Å². The average Bonchev–Trinajstić information content (AvgIpc) is 3.61. The largest absolute Gasteiger partial charge is 0.345 e. The summed E-state index contributed by atoms with van der Waals surface area (Å²) in [7, 11) is 2.92. The van der Waals surface area contributed by atoms with Gasteiger partial charge < -0.3 is 20.3 Å². The van der Waals surface area contributed by atoms with Crippen LogP contribution in [-0.2, 0) is 31.7 Å².